The summed E-state index contributed by atoms with van der Waals surface area (Å²) in [4.78, 5) is 11.3. The van der Waals surface area contributed by atoms with E-state index in [0.29, 0.717) is 12.4 Å². The van der Waals surface area contributed by atoms with Crippen LogP contribution in [-0.2, 0) is 17.5 Å². The van der Waals surface area contributed by atoms with Crippen LogP contribution in [0.25, 0.3) is 0 Å². The first kappa shape index (κ1) is 21.5. The highest BCUT2D eigenvalue weighted by molar-refractivity contribution is 5.78. The monoisotopic (exact) mass is 452 g/mol. The molecule has 33 heavy (non-hydrogen) atoms. The Labute approximate surface area is 189 Å². The van der Waals surface area contributed by atoms with E-state index in [2.05, 4.69) is 32.3 Å². The largest absolute Gasteiger partial charge is 0.416 e. The molecule has 2 aromatic carbocycles. The number of halogens is 3. The molecule has 0 aliphatic carbocycles. The second kappa shape index (κ2) is 8.86. The molecule has 5 nitrogen and oxygen atoms in total. The van der Waals surface area contributed by atoms with Gasteiger partial charge in [0.15, 0.2) is 0 Å². The second-order valence-corrected chi connectivity index (χ2v) is 8.09. The van der Waals surface area contributed by atoms with Crippen LogP contribution in [-0.4, -0.2) is 37.5 Å². The maximum atomic E-state index is 12.9. The van der Waals surface area contributed by atoms with Crippen molar-refractivity contribution >= 4 is 23.4 Å². The summed E-state index contributed by atoms with van der Waals surface area (Å²) in [6.07, 6.45) is -0.833. The zero-order chi connectivity index (χ0) is 22.8. The van der Waals surface area contributed by atoms with E-state index in [4.69, 9.17) is 4.74 Å². The van der Waals surface area contributed by atoms with Crippen molar-refractivity contribution in [2.75, 3.05) is 36.5 Å². The molecule has 0 spiro atoms. The van der Waals surface area contributed by atoms with E-state index in [1.807, 2.05) is 18.2 Å². The summed E-state index contributed by atoms with van der Waals surface area (Å²) in [6.45, 7) is 3.70. The Kier molecular flexibility index (Phi) is 5.76. The fourth-order valence-electron chi connectivity index (χ4n) is 4.26. The van der Waals surface area contributed by atoms with Crippen LogP contribution < -0.4 is 10.2 Å². The predicted octanol–water partition coefficient (Wildman–Crippen LogP) is 5.40. The number of benzene rings is 2. The summed E-state index contributed by atoms with van der Waals surface area (Å²) in [6, 6.07) is 15.4. The number of aliphatic imine (C=N–C) groups is 1. The molecule has 0 bridgehead atoms. The maximum Gasteiger partial charge on any atom is 0.416 e. The van der Waals surface area contributed by atoms with Crippen molar-refractivity contribution in [1.29, 1.82) is 0 Å². The van der Waals surface area contributed by atoms with Crippen molar-refractivity contribution in [3.8, 4) is 0 Å². The summed E-state index contributed by atoms with van der Waals surface area (Å²) >= 11 is 0. The molecule has 3 heterocycles. The summed E-state index contributed by atoms with van der Waals surface area (Å²) < 4.78 is 44.2. The van der Waals surface area contributed by atoms with Gasteiger partial charge in [-0.15, -0.1) is 0 Å². The van der Waals surface area contributed by atoms with E-state index in [1.54, 1.807) is 12.4 Å². The molecule has 170 valence electrons. The molecule has 0 radical (unpaired) electrons. The summed E-state index contributed by atoms with van der Waals surface area (Å²) in [5.74, 6) is 0.490. The minimum atomic E-state index is -4.35. The third-order valence-electron chi connectivity index (χ3n) is 6.03. The molecule has 1 aromatic heterocycles. The standard InChI is InChI=1S/C25H23F3N4O/c26-25(27,28)18-3-1-17(2-4-18)22-15-29-16-23-21(22)9-10-30-24(23)31-19-5-7-20(8-6-19)32-11-13-33-14-12-32/h1-10,15,22H,11-14,16H2,(H,30,31). The van der Waals surface area contributed by atoms with E-state index in [1.165, 1.54) is 12.1 Å². The van der Waals surface area contributed by atoms with Crippen molar-refractivity contribution in [2.45, 2.75) is 18.6 Å². The Hall–Kier alpha value is -3.39. The minimum Gasteiger partial charge on any atom is -0.378 e. The van der Waals surface area contributed by atoms with E-state index in [9.17, 15) is 13.2 Å². The number of aromatic nitrogens is 1. The van der Waals surface area contributed by atoms with Gasteiger partial charge in [0.25, 0.3) is 0 Å². The Morgan fingerprint density at radius 2 is 1.67 bits per heavy atom. The van der Waals surface area contributed by atoms with Crippen molar-refractivity contribution in [3.63, 3.8) is 0 Å². The van der Waals surface area contributed by atoms with Crippen LogP contribution in [0.2, 0.25) is 0 Å². The third-order valence-corrected chi connectivity index (χ3v) is 6.03. The van der Waals surface area contributed by atoms with Crippen LogP contribution in [0, 0.1) is 0 Å². The average molecular weight is 452 g/mol. The Morgan fingerprint density at radius 1 is 0.939 bits per heavy atom. The molecule has 0 amide bonds. The quantitative estimate of drug-likeness (QED) is 0.576. The molecule has 5 rings (SSSR count). The highest BCUT2D eigenvalue weighted by atomic mass is 19.4. The number of ether oxygens (including phenoxy) is 1. The summed E-state index contributed by atoms with van der Waals surface area (Å²) in [7, 11) is 0. The van der Waals surface area contributed by atoms with Crippen molar-refractivity contribution in [1.82, 2.24) is 4.98 Å². The summed E-state index contributed by atoms with van der Waals surface area (Å²) in [5.41, 5.74) is 4.11. The van der Waals surface area contributed by atoms with Gasteiger partial charge in [-0.25, -0.2) is 4.98 Å². The zero-order valence-electron chi connectivity index (χ0n) is 17.8. The van der Waals surface area contributed by atoms with E-state index >= 15 is 0 Å². The molecule has 1 atom stereocenters. The lowest BCUT2D eigenvalue weighted by atomic mass is 9.87. The third kappa shape index (κ3) is 4.57. The lowest BCUT2D eigenvalue weighted by Gasteiger charge is -2.29. The number of alkyl halides is 3. The second-order valence-electron chi connectivity index (χ2n) is 8.09. The molecule has 1 unspecified atom stereocenters. The topological polar surface area (TPSA) is 49.8 Å². The Balaban J connectivity index is 1.37. The first-order valence-corrected chi connectivity index (χ1v) is 10.8. The van der Waals surface area contributed by atoms with Crippen LogP contribution in [0.3, 0.4) is 0 Å². The van der Waals surface area contributed by atoms with Gasteiger partial charge in [0.05, 0.1) is 25.3 Å². The van der Waals surface area contributed by atoms with Crippen molar-refractivity contribution < 1.29 is 17.9 Å². The average Bonchev–Trinajstić information content (AvgIpc) is 2.84. The number of nitrogens with one attached hydrogen (secondary N) is 1. The number of morpholine rings is 1. The van der Waals surface area contributed by atoms with Crippen LogP contribution >= 0.6 is 0 Å². The van der Waals surface area contributed by atoms with Crippen LogP contribution in [0.5, 0.6) is 0 Å². The number of pyridine rings is 1. The molecule has 3 aromatic rings. The van der Waals surface area contributed by atoms with Gasteiger partial charge in [-0.2, -0.15) is 13.2 Å². The lowest BCUT2D eigenvalue weighted by Crippen LogP contribution is -2.36. The maximum absolute atomic E-state index is 12.9. The fourth-order valence-corrected chi connectivity index (χ4v) is 4.26. The normalized spacial score (nSPS) is 18.2. The number of hydrogen-bond acceptors (Lipinski definition) is 5. The van der Waals surface area contributed by atoms with E-state index in [0.717, 1.165) is 66.5 Å². The molecule has 0 saturated carbocycles. The van der Waals surface area contributed by atoms with Crippen molar-refractivity contribution in [2.24, 2.45) is 4.99 Å². The molecule has 1 saturated heterocycles. The smallest absolute Gasteiger partial charge is 0.378 e. The fraction of sp³-hybridized carbons (Fsp3) is 0.280. The molecular formula is C25H23F3N4O. The van der Waals surface area contributed by atoms with Gasteiger partial charge in [-0.05, 0) is 53.6 Å². The van der Waals surface area contributed by atoms with Crippen molar-refractivity contribution in [3.05, 3.63) is 83.0 Å². The van der Waals surface area contributed by atoms with Gasteiger partial charge in [0.2, 0.25) is 0 Å². The minimum absolute atomic E-state index is 0.219. The molecule has 2 aliphatic rings. The van der Waals surface area contributed by atoms with Gasteiger partial charge < -0.3 is 15.0 Å². The lowest BCUT2D eigenvalue weighted by molar-refractivity contribution is -0.137. The highest BCUT2D eigenvalue weighted by Crippen LogP contribution is 2.36. The van der Waals surface area contributed by atoms with Gasteiger partial charge in [0, 0.05) is 48.4 Å². The van der Waals surface area contributed by atoms with Gasteiger partial charge in [-0.3, -0.25) is 4.99 Å². The molecule has 8 heteroatoms. The molecular weight excluding hydrogens is 429 g/mol. The summed E-state index contributed by atoms with van der Waals surface area (Å²) in [5, 5.41) is 3.39. The van der Waals surface area contributed by atoms with E-state index in [-0.39, 0.29) is 5.92 Å². The van der Waals surface area contributed by atoms with Gasteiger partial charge >= 0.3 is 6.18 Å². The van der Waals surface area contributed by atoms with Crippen LogP contribution in [0.15, 0.2) is 65.8 Å². The SMILES string of the molecule is FC(F)(F)c1ccc(C2C=NCc3c2ccnc3Nc2ccc(N3CCOCC3)cc2)cc1. The van der Waals surface area contributed by atoms with Gasteiger partial charge in [0.1, 0.15) is 5.82 Å². The highest BCUT2D eigenvalue weighted by Gasteiger charge is 2.30. The Bertz CT molecular complexity index is 1140. The first-order chi connectivity index (χ1) is 16.0. The predicted molar refractivity (Wildman–Crippen MR) is 122 cm³/mol. The first-order valence-electron chi connectivity index (χ1n) is 10.8. The number of anilines is 3. The van der Waals surface area contributed by atoms with Gasteiger partial charge in [-0.1, -0.05) is 12.1 Å². The molecule has 1 fully saturated rings. The molecule has 1 N–H and O–H groups in total. The molecule has 2 aliphatic heterocycles. The van der Waals surface area contributed by atoms with E-state index < -0.39 is 11.7 Å². The number of hydrogen-bond donors (Lipinski definition) is 1. The Morgan fingerprint density at radius 3 is 2.36 bits per heavy atom. The number of fused-ring (bicyclic) bond motifs is 1. The zero-order valence-corrected chi connectivity index (χ0v) is 17.8. The van der Waals surface area contributed by atoms with Crippen LogP contribution in [0.4, 0.5) is 30.4 Å². The number of rotatable bonds is 4. The number of nitrogens with zero attached hydrogens (tertiary/aromatic N) is 3. The van der Waals surface area contributed by atoms with Crippen LogP contribution in [0.1, 0.15) is 28.2 Å².